The van der Waals surface area contributed by atoms with Crippen molar-refractivity contribution in [1.82, 2.24) is 0 Å². The van der Waals surface area contributed by atoms with Crippen molar-refractivity contribution in [3.63, 3.8) is 0 Å². The molecule has 1 amide bonds. The van der Waals surface area contributed by atoms with Crippen LogP contribution in [0.25, 0.3) is 11.1 Å². The highest BCUT2D eigenvalue weighted by atomic mass is 35.5. The first-order valence-corrected chi connectivity index (χ1v) is 6.49. The summed E-state index contributed by atoms with van der Waals surface area (Å²) in [5.74, 6) is 0. The molecule has 0 spiro atoms. The first kappa shape index (κ1) is 12.3. The minimum Gasteiger partial charge on any atom is -0.266 e. The first-order valence-electron chi connectivity index (χ1n) is 5.73. The molecule has 0 unspecified atom stereocenters. The van der Waals surface area contributed by atoms with Crippen molar-refractivity contribution in [2.45, 2.75) is 0 Å². The fourth-order valence-electron chi connectivity index (χ4n) is 2.22. The predicted molar refractivity (Wildman–Crippen MR) is 80.0 cm³/mol. The molecule has 1 aliphatic rings. The zero-order chi connectivity index (χ0) is 13.4. The van der Waals surface area contributed by atoms with Gasteiger partial charge in [0.25, 0.3) is 0 Å². The van der Waals surface area contributed by atoms with Gasteiger partial charge in [-0.1, -0.05) is 48.0 Å². The Morgan fingerprint density at radius 1 is 0.947 bits per heavy atom. The van der Waals surface area contributed by atoms with E-state index in [4.69, 9.17) is 23.2 Å². The second-order valence-corrected chi connectivity index (χ2v) is 4.89. The lowest BCUT2D eigenvalue weighted by molar-refractivity contribution is 0.266. The molecule has 0 fully saturated rings. The summed E-state index contributed by atoms with van der Waals surface area (Å²) in [6, 6.07) is 14.9. The van der Waals surface area contributed by atoms with Crippen molar-refractivity contribution >= 4 is 51.1 Å². The minimum atomic E-state index is -0.556. The lowest BCUT2D eigenvalue weighted by Gasteiger charge is -2.22. The maximum absolute atomic E-state index is 11.8. The van der Waals surface area contributed by atoms with E-state index in [0.717, 1.165) is 16.8 Å². The molecule has 2 aromatic rings. The van der Waals surface area contributed by atoms with Crippen molar-refractivity contribution in [3.8, 4) is 0 Å². The first-order chi connectivity index (χ1) is 9.18. The summed E-state index contributed by atoms with van der Waals surface area (Å²) in [6.45, 7) is 0. The number of rotatable bonds is 0. The lowest BCUT2D eigenvalue weighted by Crippen LogP contribution is -2.20. The van der Waals surface area contributed by atoms with Crippen LogP contribution in [0.2, 0.25) is 0 Å². The molecule has 0 N–H and O–H groups in total. The highest BCUT2D eigenvalue weighted by molar-refractivity contribution is 6.67. The van der Waals surface area contributed by atoms with Gasteiger partial charge in [0.1, 0.15) is 0 Å². The van der Waals surface area contributed by atoms with Crippen LogP contribution in [-0.4, -0.2) is 5.37 Å². The predicted octanol–water partition coefficient (Wildman–Crippen LogP) is 5.23. The zero-order valence-corrected chi connectivity index (χ0v) is 11.3. The van der Waals surface area contributed by atoms with E-state index in [1.54, 1.807) is 0 Å². The number of anilines is 2. The van der Waals surface area contributed by atoms with Crippen molar-refractivity contribution in [3.05, 3.63) is 59.7 Å². The maximum atomic E-state index is 11.8. The van der Waals surface area contributed by atoms with E-state index in [-0.39, 0.29) is 0 Å². The molecule has 1 aliphatic heterocycles. The van der Waals surface area contributed by atoms with E-state index in [2.05, 4.69) is 0 Å². The number of carbonyl (C=O) groups is 1. The molecule has 0 radical (unpaired) electrons. The number of fused-ring (bicyclic) bond motifs is 2. The highest BCUT2D eigenvalue weighted by Crippen LogP contribution is 2.41. The van der Waals surface area contributed by atoms with Crippen LogP contribution >= 0.6 is 23.2 Å². The monoisotopic (exact) mass is 289 g/mol. The van der Waals surface area contributed by atoms with Gasteiger partial charge in [-0.25, -0.2) is 0 Å². The van der Waals surface area contributed by atoms with Crippen LogP contribution in [0.3, 0.4) is 0 Å². The number of halogens is 2. The molecule has 4 heteroatoms. The third-order valence-corrected chi connectivity index (χ3v) is 3.52. The summed E-state index contributed by atoms with van der Waals surface area (Å²) in [5, 5.41) is 0.0307. The quantitative estimate of drug-likeness (QED) is 0.480. The Labute approximate surface area is 120 Å². The van der Waals surface area contributed by atoms with E-state index >= 15 is 0 Å². The molecule has 0 atom stereocenters. The average molecular weight is 290 g/mol. The average Bonchev–Trinajstić information content (AvgIpc) is 2.53. The smallest absolute Gasteiger partial charge is 0.266 e. The SMILES string of the molecule is O=C(Cl)N1c2ccccc2C=C(Cl)c2ccccc21. The summed E-state index contributed by atoms with van der Waals surface area (Å²) in [4.78, 5) is 13.3. The summed E-state index contributed by atoms with van der Waals surface area (Å²) in [7, 11) is 0. The van der Waals surface area contributed by atoms with Crippen LogP contribution in [0.1, 0.15) is 11.1 Å². The highest BCUT2D eigenvalue weighted by Gasteiger charge is 2.24. The van der Waals surface area contributed by atoms with Crippen molar-refractivity contribution in [1.29, 1.82) is 0 Å². The molecule has 0 aliphatic carbocycles. The van der Waals surface area contributed by atoms with Gasteiger partial charge in [-0.3, -0.25) is 9.69 Å². The van der Waals surface area contributed by atoms with Gasteiger partial charge in [0, 0.05) is 11.1 Å². The molecule has 3 rings (SSSR count). The van der Waals surface area contributed by atoms with Crippen molar-refractivity contribution in [2.75, 3.05) is 4.90 Å². The number of amides is 1. The van der Waals surface area contributed by atoms with Gasteiger partial charge in [0.05, 0.1) is 16.4 Å². The molecule has 2 aromatic carbocycles. The maximum Gasteiger partial charge on any atom is 0.325 e. The summed E-state index contributed by atoms with van der Waals surface area (Å²) in [6.07, 6.45) is 1.84. The molecular formula is C15H9Cl2NO. The van der Waals surface area contributed by atoms with Gasteiger partial charge >= 0.3 is 5.37 Å². The molecular weight excluding hydrogens is 281 g/mol. The van der Waals surface area contributed by atoms with Gasteiger partial charge in [-0.2, -0.15) is 0 Å². The largest absolute Gasteiger partial charge is 0.325 e. The third-order valence-electron chi connectivity index (χ3n) is 3.04. The number of benzene rings is 2. The number of para-hydroxylation sites is 2. The number of carbonyl (C=O) groups excluding carboxylic acids is 1. The summed E-state index contributed by atoms with van der Waals surface area (Å²) >= 11 is 12.1. The van der Waals surface area contributed by atoms with Crippen LogP contribution in [0.4, 0.5) is 16.2 Å². The molecule has 0 saturated heterocycles. The van der Waals surface area contributed by atoms with Crippen LogP contribution in [0, 0.1) is 0 Å². The van der Waals surface area contributed by atoms with E-state index in [1.165, 1.54) is 4.90 Å². The van der Waals surface area contributed by atoms with E-state index in [1.807, 2.05) is 54.6 Å². The Morgan fingerprint density at radius 3 is 2.32 bits per heavy atom. The number of hydrogen-bond acceptors (Lipinski definition) is 1. The number of nitrogens with zero attached hydrogens (tertiary/aromatic N) is 1. The van der Waals surface area contributed by atoms with E-state index in [9.17, 15) is 4.79 Å². The fourth-order valence-corrected chi connectivity index (χ4v) is 2.68. The van der Waals surface area contributed by atoms with Gasteiger partial charge in [-0.05, 0) is 29.8 Å². The van der Waals surface area contributed by atoms with Crippen LogP contribution < -0.4 is 4.90 Å². The Hall–Kier alpha value is -1.77. The number of hydrogen-bond donors (Lipinski definition) is 0. The topological polar surface area (TPSA) is 20.3 Å². The van der Waals surface area contributed by atoms with Crippen molar-refractivity contribution < 1.29 is 4.79 Å². The standard InChI is InChI=1S/C15H9Cl2NO/c16-12-9-10-5-1-3-7-13(10)18(15(17)19)14-8-4-2-6-11(12)14/h1-9H. The lowest BCUT2D eigenvalue weighted by atomic mass is 10.1. The Balaban J connectivity index is 2.36. The summed E-state index contributed by atoms with van der Waals surface area (Å²) in [5.41, 5.74) is 3.06. The molecule has 0 bridgehead atoms. The van der Waals surface area contributed by atoms with Gasteiger partial charge in [0.15, 0.2) is 0 Å². The molecule has 0 aromatic heterocycles. The molecule has 19 heavy (non-hydrogen) atoms. The van der Waals surface area contributed by atoms with Crippen LogP contribution in [0.15, 0.2) is 48.5 Å². The fraction of sp³-hybridized carbons (Fsp3) is 0. The normalized spacial score (nSPS) is 13.2. The molecule has 1 heterocycles. The van der Waals surface area contributed by atoms with Gasteiger partial charge in [0.2, 0.25) is 0 Å². The second-order valence-electron chi connectivity index (χ2n) is 4.16. The Morgan fingerprint density at radius 2 is 1.58 bits per heavy atom. The minimum absolute atomic E-state index is 0.556. The van der Waals surface area contributed by atoms with Gasteiger partial charge in [-0.15, -0.1) is 0 Å². The van der Waals surface area contributed by atoms with Gasteiger partial charge < -0.3 is 0 Å². The third kappa shape index (κ3) is 2.03. The Bertz CT molecular complexity index is 694. The molecule has 94 valence electrons. The Kier molecular flexibility index (Phi) is 3.05. The van der Waals surface area contributed by atoms with Crippen molar-refractivity contribution in [2.24, 2.45) is 0 Å². The zero-order valence-electron chi connectivity index (χ0n) is 9.81. The van der Waals surface area contributed by atoms with Crippen LogP contribution in [-0.2, 0) is 0 Å². The summed E-state index contributed by atoms with van der Waals surface area (Å²) < 4.78 is 0. The van der Waals surface area contributed by atoms with E-state index < -0.39 is 5.37 Å². The van der Waals surface area contributed by atoms with Crippen LogP contribution in [0.5, 0.6) is 0 Å². The molecule has 0 saturated carbocycles. The van der Waals surface area contributed by atoms with E-state index in [0.29, 0.717) is 10.7 Å². The second kappa shape index (κ2) is 4.72. The molecule has 2 nitrogen and oxygen atoms in total.